The number of aryl methyl sites for hydroxylation is 1. The van der Waals surface area contributed by atoms with Gasteiger partial charge in [-0.05, 0) is 58.5 Å². The molecule has 0 spiro atoms. The molecule has 3 rings (SSSR count). The van der Waals surface area contributed by atoms with Crippen LogP contribution in [0.1, 0.15) is 29.5 Å². The fourth-order valence-corrected chi connectivity index (χ4v) is 3.96. The van der Waals surface area contributed by atoms with Gasteiger partial charge in [0.05, 0.1) is 6.42 Å². The largest absolute Gasteiger partial charge is 0.430 e. The predicted molar refractivity (Wildman–Crippen MR) is 103 cm³/mol. The minimum absolute atomic E-state index is 0.0390. The van der Waals surface area contributed by atoms with Gasteiger partial charge in [0.25, 0.3) is 5.60 Å². The second-order valence-corrected chi connectivity index (χ2v) is 8.16. The molecule has 31 heavy (non-hydrogen) atoms. The molecule has 0 bridgehead atoms. The number of benzene rings is 1. The number of hydrogen-bond acceptors (Lipinski definition) is 3. The van der Waals surface area contributed by atoms with Crippen LogP contribution in [0.3, 0.4) is 0 Å². The predicted octanol–water partition coefficient (Wildman–Crippen LogP) is 5.07. The third kappa shape index (κ3) is 4.57. The van der Waals surface area contributed by atoms with E-state index in [1.54, 1.807) is 12.3 Å². The van der Waals surface area contributed by atoms with Gasteiger partial charge in [0.15, 0.2) is 0 Å². The highest BCUT2D eigenvalue weighted by molar-refractivity contribution is 9.10. The molecular weight excluding hydrogens is 494 g/mol. The maximum Gasteiger partial charge on any atom is 0.430 e. The van der Waals surface area contributed by atoms with Crippen molar-refractivity contribution < 1.29 is 36.2 Å². The zero-order valence-electron chi connectivity index (χ0n) is 15.9. The Morgan fingerprint density at radius 2 is 1.74 bits per heavy atom. The van der Waals surface area contributed by atoms with Crippen LogP contribution in [0, 0.1) is 0 Å². The van der Waals surface area contributed by atoms with Gasteiger partial charge in [0.1, 0.15) is 0 Å². The maximum atomic E-state index is 13.2. The molecule has 1 aromatic carbocycles. The molecule has 0 unspecified atom stereocenters. The fraction of sp³-hybridized carbons (Fsp3) is 0.400. The number of amides is 1. The topological polar surface area (TPSA) is 53.4 Å². The number of aliphatic hydroxyl groups is 1. The molecule has 0 aliphatic carbocycles. The molecule has 2 aromatic rings. The van der Waals surface area contributed by atoms with Crippen molar-refractivity contribution in [1.82, 2.24) is 4.98 Å². The number of aromatic nitrogens is 1. The number of anilines is 1. The molecule has 0 fully saturated rings. The van der Waals surface area contributed by atoms with Crippen LogP contribution >= 0.6 is 15.9 Å². The SMILES string of the molecule is O=C(Cc1cncc(Br)c1)N1CCCCc2cc(C(O)(C(F)(F)F)C(F)(F)F)ccc21. The summed E-state index contributed by atoms with van der Waals surface area (Å²) in [4.78, 5) is 18.2. The summed E-state index contributed by atoms with van der Waals surface area (Å²) in [6, 6.07) is 4.00. The number of fused-ring (bicyclic) bond motifs is 1. The van der Waals surface area contributed by atoms with Crippen LogP contribution in [-0.2, 0) is 23.2 Å². The Hall–Kier alpha value is -2.14. The summed E-state index contributed by atoms with van der Waals surface area (Å²) in [5.41, 5.74) is -5.34. The van der Waals surface area contributed by atoms with Crippen LogP contribution in [0.15, 0.2) is 41.1 Å². The number of alkyl halides is 6. The van der Waals surface area contributed by atoms with E-state index in [0.717, 1.165) is 6.07 Å². The average molecular weight is 511 g/mol. The molecule has 1 aromatic heterocycles. The summed E-state index contributed by atoms with van der Waals surface area (Å²) in [6.07, 6.45) is -7.76. The van der Waals surface area contributed by atoms with Gasteiger partial charge in [-0.1, -0.05) is 12.1 Å². The maximum absolute atomic E-state index is 13.2. The van der Waals surface area contributed by atoms with Crippen LogP contribution in [-0.4, -0.2) is 34.9 Å². The van der Waals surface area contributed by atoms with Gasteiger partial charge in [0.2, 0.25) is 5.91 Å². The second-order valence-electron chi connectivity index (χ2n) is 7.24. The molecule has 1 aliphatic heterocycles. The van der Waals surface area contributed by atoms with Crippen LogP contribution in [0.5, 0.6) is 0 Å². The molecule has 0 atom stereocenters. The summed E-state index contributed by atoms with van der Waals surface area (Å²) in [5, 5.41) is 9.68. The van der Waals surface area contributed by atoms with Gasteiger partial charge >= 0.3 is 12.4 Å². The highest BCUT2D eigenvalue weighted by Crippen LogP contribution is 2.50. The summed E-state index contributed by atoms with van der Waals surface area (Å²) in [7, 11) is 0. The lowest BCUT2D eigenvalue weighted by Gasteiger charge is -2.33. The van der Waals surface area contributed by atoms with Crippen molar-refractivity contribution in [3.05, 3.63) is 57.8 Å². The van der Waals surface area contributed by atoms with Gasteiger partial charge < -0.3 is 10.0 Å². The average Bonchev–Trinajstić information content (AvgIpc) is 2.87. The molecule has 1 aliphatic rings. The quantitative estimate of drug-likeness (QED) is 0.586. The highest BCUT2D eigenvalue weighted by atomic mass is 79.9. The lowest BCUT2D eigenvalue weighted by Crippen LogP contribution is -2.54. The van der Waals surface area contributed by atoms with Crippen molar-refractivity contribution in [1.29, 1.82) is 0 Å². The van der Waals surface area contributed by atoms with E-state index in [9.17, 15) is 36.2 Å². The van der Waals surface area contributed by atoms with E-state index in [1.165, 1.54) is 11.1 Å². The summed E-state index contributed by atoms with van der Waals surface area (Å²) < 4.78 is 80.1. The van der Waals surface area contributed by atoms with Crippen LogP contribution in [0.25, 0.3) is 0 Å². The lowest BCUT2D eigenvalue weighted by molar-refractivity contribution is -0.376. The normalized spacial score (nSPS) is 15.4. The van der Waals surface area contributed by atoms with Gasteiger partial charge in [-0.2, -0.15) is 26.3 Å². The van der Waals surface area contributed by atoms with Crippen LogP contribution < -0.4 is 4.90 Å². The summed E-state index contributed by atoms with van der Waals surface area (Å²) in [6.45, 7) is 0.273. The molecule has 2 heterocycles. The van der Waals surface area contributed by atoms with E-state index >= 15 is 0 Å². The number of halogens is 7. The zero-order valence-corrected chi connectivity index (χ0v) is 17.5. The molecule has 0 saturated heterocycles. The molecule has 168 valence electrons. The first-order chi connectivity index (χ1) is 14.3. The van der Waals surface area contributed by atoms with Crippen LogP contribution in [0.4, 0.5) is 32.0 Å². The van der Waals surface area contributed by atoms with Crippen molar-refractivity contribution in [2.45, 2.75) is 43.6 Å². The van der Waals surface area contributed by atoms with Gasteiger partial charge in [-0.25, -0.2) is 0 Å². The molecule has 1 amide bonds. The molecule has 4 nitrogen and oxygen atoms in total. The van der Waals surface area contributed by atoms with Crippen molar-refractivity contribution in [2.24, 2.45) is 0 Å². The Labute approximate surface area is 182 Å². The standard InChI is InChI=1S/C20H17BrF6N2O2/c21-15-7-12(10-28-11-15)8-17(30)29-6-2-1-3-13-9-14(4-5-16(13)29)18(31,19(22,23)24)20(25,26)27/h4-5,7,9-11,31H,1-3,6,8H2. The summed E-state index contributed by atoms with van der Waals surface area (Å²) in [5.74, 6) is -0.363. The number of carbonyl (C=O) groups is 1. The number of rotatable bonds is 3. The minimum atomic E-state index is -5.96. The number of nitrogens with zero attached hydrogens (tertiary/aromatic N) is 2. The van der Waals surface area contributed by atoms with Gasteiger partial charge in [0, 0.05) is 34.7 Å². The molecular formula is C20H17BrF6N2O2. The fourth-order valence-electron chi connectivity index (χ4n) is 3.55. The van der Waals surface area contributed by atoms with Crippen molar-refractivity contribution in [3.63, 3.8) is 0 Å². The third-order valence-electron chi connectivity index (χ3n) is 5.10. The summed E-state index contributed by atoms with van der Waals surface area (Å²) >= 11 is 3.25. The van der Waals surface area contributed by atoms with Crippen molar-refractivity contribution in [2.75, 3.05) is 11.4 Å². The van der Waals surface area contributed by atoms with E-state index in [0.29, 0.717) is 35.0 Å². The van der Waals surface area contributed by atoms with E-state index in [-0.39, 0.29) is 36.5 Å². The molecule has 11 heteroatoms. The first-order valence-electron chi connectivity index (χ1n) is 9.23. The Balaban J connectivity index is 1.99. The van der Waals surface area contributed by atoms with Crippen molar-refractivity contribution >= 4 is 27.5 Å². The number of hydrogen-bond donors (Lipinski definition) is 1. The Kier molecular flexibility index (Phi) is 6.39. The number of carbonyl (C=O) groups excluding carboxylic acids is 1. The van der Waals surface area contributed by atoms with E-state index < -0.39 is 23.5 Å². The molecule has 0 radical (unpaired) electrons. The Morgan fingerprint density at radius 3 is 2.35 bits per heavy atom. The molecule has 0 saturated carbocycles. The van der Waals surface area contributed by atoms with Crippen LogP contribution in [0.2, 0.25) is 0 Å². The highest BCUT2D eigenvalue weighted by Gasteiger charge is 2.71. The van der Waals surface area contributed by atoms with E-state index in [1.807, 2.05) is 0 Å². The van der Waals surface area contributed by atoms with E-state index in [2.05, 4.69) is 20.9 Å². The Bertz CT molecular complexity index is 963. The number of pyridine rings is 1. The molecule has 1 N–H and O–H groups in total. The first kappa shape index (κ1) is 23.5. The van der Waals surface area contributed by atoms with Gasteiger partial charge in [-0.3, -0.25) is 9.78 Å². The Morgan fingerprint density at radius 1 is 1.06 bits per heavy atom. The van der Waals surface area contributed by atoms with Crippen molar-refractivity contribution in [3.8, 4) is 0 Å². The van der Waals surface area contributed by atoms with E-state index in [4.69, 9.17) is 0 Å². The minimum Gasteiger partial charge on any atom is -0.369 e. The monoisotopic (exact) mass is 510 g/mol. The lowest BCUT2D eigenvalue weighted by atomic mass is 9.89. The first-order valence-corrected chi connectivity index (χ1v) is 10.0. The third-order valence-corrected chi connectivity index (χ3v) is 5.54. The van der Waals surface area contributed by atoms with Gasteiger partial charge in [-0.15, -0.1) is 0 Å². The second kappa shape index (κ2) is 8.42. The zero-order chi connectivity index (χ0) is 23.0. The smallest absolute Gasteiger partial charge is 0.369 e.